The molecule has 2 heterocycles. The molecule has 2 aromatic heterocycles. The lowest BCUT2D eigenvalue weighted by Crippen LogP contribution is -2.27. The molecule has 0 saturated carbocycles. The van der Waals surface area contributed by atoms with Crippen LogP contribution in [-0.4, -0.2) is 57.2 Å². The number of nitrogens with zero attached hydrogens (tertiary/aromatic N) is 4. The molecular formula is C25H35N5O5. The lowest BCUT2D eigenvalue weighted by Gasteiger charge is -2.25. The monoisotopic (exact) mass is 485 g/mol. The summed E-state index contributed by atoms with van der Waals surface area (Å²) in [5.74, 6) is 1.24. The summed E-state index contributed by atoms with van der Waals surface area (Å²) in [6.07, 6.45) is 2.68. The lowest BCUT2D eigenvalue weighted by atomic mass is 9.84. The zero-order valence-electron chi connectivity index (χ0n) is 21.0. The van der Waals surface area contributed by atoms with E-state index in [-0.39, 0.29) is 38.0 Å². The van der Waals surface area contributed by atoms with E-state index in [1.165, 1.54) is 9.20 Å². The largest absolute Gasteiger partial charge is 0.493 e. The third-order valence-electron chi connectivity index (χ3n) is 6.11. The molecule has 10 nitrogen and oxygen atoms in total. The number of fused-ring (bicyclic) bond motifs is 3. The van der Waals surface area contributed by atoms with Gasteiger partial charge in [0.25, 0.3) is 0 Å². The summed E-state index contributed by atoms with van der Waals surface area (Å²) in [6.45, 7) is 8.25. The highest BCUT2D eigenvalue weighted by Gasteiger charge is 2.27. The van der Waals surface area contributed by atoms with Crippen molar-refractivity contribution >= 4 is 11.4 Å². The molecule has 1 aliphatic rings. The van der Waals surface area contributed by atoms with Crippen LogP contribution >= 0.6 is 0 Å². The van der Waals surface area contributed by atoms with Crippen molar-refractivity contribution in [2.75, 3.05) is 26.9 Å². The van der Waals surface area contributed by atoms with Crippen molar-refractivity contribution in [2.24, 2.45) is 0 Å². The fourth-order valence-electron chi connectivity index (χ4n) is 4.46. The molecule has 35 heavy (non-hydrogen) atoms. The number of ether oxygens (including phenoxy) is 3. The first kappa shape index (κ1) is 24.7. The Morgan fingerprint density at radius 3 is 2.60 bits per heavy atom. The molecule has 4 rings (SSSR count). The van der Waals surface area contributed by atoms with Crippen LogP contribution in [0.1, 0.15) is 62.6 Å². The van der Waals surface area contributed by atoms with Gasteiger partial charge in [-0.1, -0.05) is 20.8 Å². The SMILES string of the molecule is CCOc1nn2c(=N)n(CC(=O)c3cc(OCCO)c(OC)c(C(C)(C)C)c3)nc2c2c1CCC2.[HH]. The maximum atomic E-state index is 13.4. The van der Waals surface area contributed by atoms with E-state index in [4.69, 9.17) is 19.6 Å². The van der Waals surface area contributed by atoms with Crippen LogP contribution in [0.5, 0.6) is 17.4 Å². The number of carbonyl (C=O) groups is 1. The highest BCUT2D eigenvalue weighted by Crippen LogP contribution is 2.40. The van der Waals surface area contributed by atoms with Crippen molar-refractivity contribution in [2.45, 2.75) is 58.9 Å². The summed E-state index contributed by atoms with van der Waals surface area (Å²) in [7, 11) is 1.55. The average Bonchev–Trinajstić information content (AvgIpc) is 3.42. The molecule has 0 atom stereocenters. The minimum atomic E-state index is -0.323. The summed E-state index contributed by atoms with van der Waals surface area (Å²) >= 11 is 0. The fraction of sp³-hybridized carbons (Fsp3) is 0.520. The van der Waals surface area contributed by atoms with E-state index in [1.54, 1.807) is 19.2 Å². The van der Waals surface area contributed by atoms with Crippen LogP contribution in [0.25, 0.3) is 5.65 Å². The van der Waals surface area contributed by atoms with Crippen molar-refractivity contribution in [1.29, 1.82) is 5.41 Å². The van der Waals surface area contributed by atoms with E-state index in [0.29, 0.717) is 35.2 Å². The molecule has 2 N–H and O–H groups in total. The van der Waals surface area contributed by atoms with Crippen molar-refractivity contribution in [3.8, 4) is 17.4 Å². The van der Waals surface area contributed by atoms with Crippen molar-refractivity contribution in [1.82, 2.24) is 19.4 Å². The first-order chi connectivity index (χ1) is 16.7. The molecule has 1 aromatic carbocycles. The lowest BCUT2D eigenvalue weighted by molar-refractivity contribution is 0.0964. The number of hydrogen-bond donors (Lipinski definition) is 2. The molecule has 0 amide bonds. The predicted octanol–water partition coefficient (Wildman–Crippen LogP) is 2.70. The standard InChI is InChI=1S/C25H33N5O5.H2/c1-6-34-23-17-9-7-8-16(17)22-27-29(24(26)30(22)28-23)14-19(32)15-12-18(25(2,3)4)21(33-5)20(13-15)35-11-10-31;/h12-13,26,31H,6-11,14H2,1-5H3;1H. The van der Waals surface area contributed by atoms with E-state index < -0.39 is 0 Å². The molecule has 10 heteroatoms. The van der Waals surface area contributed by atoms with Gasteiger partial charge in [0.05, 0.1) is 20.3 Å². The van der Waals surface area contributed by atoms with Gasteiger partial charge in [0.1, 0.15) is 13.2 Å². The molecular weight excluding hydrogens is 450 g/mol. The molecule has 1 aliphatic carbocycles. The van der Waals surface area contributed by atoms with Gasteiger partial charge in [-0.2, -0.15) is 4.52 Å². The molecule has 0 fully saturated rings. The highest BCUT2D eigenvalue weighted by atomic mass is 16.5. The smallest absolute Gasteiger partial charge is 0.242 e. The second-order valence-electron chi connectivity index (χ2n) is 9.57. The Balaban J connectivity index is 0.00000361. The minimum Gasteiger partial charge on any atom is -0.493 e. The zero-order chi connectivity index (χ0) is 25.3. The van der Waals surface area contributed by atoms with Gasteiger partial charge in [-0.25, -0.2) is 4.68 Å². The van der Waals surface area contributed by atoms with E-state index in [1.807, 2.05) is 27.7 Å². The molecule has 0 unspecified atom stereocenters. The molecule has 0 spiro atoms. The number of Topliss-reactive ketones (excluding diaryl/α,β-unsaturated/α-hetero) is 1. The summed E-state index contributed by atoms with van der Waals surface area (Å²) in [6, 6.07) is 3.42. The number of aryl methyl sites for hydroxylation is 1. The predicted molar refractivity (Wildman–Crippen MR) is 131 cm³/mol. The number of hydrogen-bond acceptors (Lipinski definition) is 8. The molecule has 0 radical (unpaired) electrons. The van der Waals surface area contributed by atoms with E-state index in [0.717, 1.165) is 36.0 Å². The number of carbonyl (C=O) groups excluding carboxylic acids is 1. The van der Waals surface area contributed by atoms with Crippen LogP contribution in [-0.2, 0) is 24.8 Å². The van der Waals surface area contributed by atoms with E-state index in [2.05, 4.69) is 10.2 Å². The molecule has 0 saturated heterocycles. The van der Waals surface area contributed by atoms with Crippen molar-refractivity contribution in [3.63, 3.8) is 0 Å². The number of methoxy groups -OCH3 is 1. The van der Waals surface area contributed by atoms with Crippen LogP contribution in [0.2, 0.25) is 0 Å². The van der Waals surface area contributed by atoms with Crippen LogP contribution in [0.15, 0.2) is 12.1 Å². The third-order valence-corrected chi connectivity index (χ3v) is 6.11. The Kier molecular flexibility index (Phi) is 6.84. The Labute approximate surface area is 205 Å². The number of aliphatic hydroxyl groups excluding tert-OH is 1. The quantitative estimate of drug-likeness (QED) is 0.447. The number of nitrogens with one attached hydrogen (secondary N) is 1. The second-order valence-corrected chi connectivity index (χ2v) is 9.57. The summed E-state index contributed by atoms with van der Waals surface area (Å²) in [4.78, 5) is 13.4. The number of rotatable bonds is 9. The van der Waals surface area contributed by atoms with Gasteiger partial charge in [-0.3, -0.25) is 10.2 Å². The Hall–Kier alpha value is -3.40. The van der Waals surface area contributed by atoms with Gasteiger partial charge >= 0.3 is 0 Å². The Bertz CT molecular complexity index is 1330. The van der Waals surface area contributed by atoms with Gasteiger partial charge in [0, 0.05) is 23.7 Å². The average molecular weight is 486 g/mol. The zero-order valence-corrected chi connectivity index (χ0v) is 21.0. The van der Waals surface area contributed by atoms with Gasteiger partial charge in [-0.05, 0) is 43.7 Å². The molecule has 0 aliphatic heterocycles. The van der Waals surface area contributed by atoms with Gasteiger partial charge < -0.3 is 19.3 Å². The number of aromatic nitrogens is 4. The molecule has 190 valence electrons. The first-order valence-corrected chi connectivity index (χ1v) is 11.9. The number of ketones is 1. The maximum absolute atomic E-state index is 13.4. The maximum Gasteiger partial charge on any atom is 0.242 e. The summed E-state index contributed by atoms with van der Waals surface area (Å²) < 4.78 is 19.8. The van der Waals surface area contributed by atoms with Crippen LogP contribution < -0.4 is 19.8 Å². The van der Waals surface area contributed by atoms with Crippen LogP contribution in [0, 0.1) is 5.41 Å². The topological polar surface area (TPSA) is 124 Å². The minimum absolute atomic E-state index is 0. The van der Waals surface area contributed by atoms with E-state index in [9.17, 15) is 9.90 Å². The Morgan fingerprint density at radius 1 is 1.20 bits per heavy atom. The van der Waals surface area contributed by atoms with Crippen LogP contribution in [0.3, 0.4) is 0 Å². The Morgan fingerprint density at radius 2 is 1.94 bits per heavy atom. The summed E-state index contributed by atoms with van der Waals surface area (Å²) in [5.41, 5.74) is 3.57. The number of benzene rings is 1. The van der Waals surface area contributed by atoms with Gasteiger partial charge in [0.15, 0.2) is 22.9 Å². The number of aliphatic hydroxyl groups is 1. The van der Waals surface area contributed by atoms with Gasteiger partial charge in [0.2, 0.25) is 11.5 Å². The van der Waals surface area contributed by atoms with Gasteiger partial charge in [-0.15, -0.1) is 10.2 Å². The fourth-order valence-corrected chi connectivity index (χ4v) is 4.46. The molecule has 3 aromatic rings. The van der Waals surface area contributed by atoms with E-state index >= 15 is 0 Å². The first-order valence-electron chi connectivity index (χ1n) is 11.9. The third kappa shape index (κ3) is 4.62. The normalized spacial score (nSPS) is 13.2. The van der Waals surface area contributed by atoms with Crippen molar-refractivity contribution in [3.05, 3.63) is 40.0 Å². The van der Waals surface area contributed by atoms with Crippen LogP contribution in [0.4, 0.5) is 0 Å². The van der Waals surface area contributed by atoms with Crippen molar-refractivity contribution < 1.29 is 25.5 Å². The second kappa shape index (κ2) is 9.69. The summed E-state index contributed by atoms with van der Waals surface area (Å²) in [5, 5.41) is 27.0. The molecule has 0 bridgehead atoms. The highest BCUT2D eigenvalue weighted by molar-refractivity contribution is 5.97.